The molecular weight excluding hydrogens is 314 g/mol. The minimum absolute atomic E-state index is 0.184. The van der Waals surface area contributed by atoms with Crippen LogP contribution in [0.25, 0.3) is 10.9 Å². The Balaban J connectivity index is 1.48. The molecule has 0 aliphatic carbocycles. The van der Waals surface area contributed by atoms with Crippen molar-refractivity contribution in [3.8, 4) is 11.6 Å². The lowest BCUT2D eigenvalue weighted by molar-refractivity contribution is 0.102. The molecular formula is C20H15N3O2. The van der Waals surface area contributed by atoms with Crippen molar-refractivity contribution in [2.45, 2.75) is 0 Å². The van der Waals surface area contributed by atoms with Crippen LogP contribution in [0.1, 0.15) is 10.4 Å². The summed E-state index contributed by atoms with van der Waals surface area (Å²) in [5.74, 6) is 0.998. The van der Waals surface area contributed by atoms with E-state index >= 15 is 0 Å². The monoisotopic (exact) mass is 329 g/mol. The number of amides is 1. The van der Waals surface area contributed by atoms with Crippen molar-refractivity contribution in [2.24, 2.45) is 0 Å². The van der Waals surface area contributed by atoms with Gasteiger partial charge in [-0.15, -0.1) is 0 Å². The minimum atomic E-state index is -0.184. The molecule has 0 saturated heterocycles. The molecule has 4 aromatic rings. The maximum Gasteiger partial charge on any atom is 0.257 e. The lowest BCUT2D eigenvalue weighted by Gasteiger charge is -2.07. The Morgan fingerprint density at radius 1 is 0.960 bits per heavy atom. The fourth-order valence-corrected chi connectivity index (χ4v) is 2.58. The van der Waals surface area contributed by atoms with Gasteiger partial charge < -0.3 is 15.0 Å². The highest BCUT2D eigenvalue weighted by Gasteiger charge is 2.12. The molecule has 4 rings (SSSR count). The van der Waals surface area contributed by atoms with Crippen LogP contribution in [-0.4, -0.2) is 15.9 Å². The van der Waals surface area contributed by atoms with Gasteiger partial charge >= 0.3 is 0 Å². The topological polar surface area (TPSA) is 67.0 Å². The molecule has 25 heavy (non-hydrogen) atoms. The summed E-state index contributed by atoms with van der Waals surface area (Å²) in [6, 6.07) is 20.6. The number of fused-ring (bicyclic) bond motifs is 1. The number of hydrogen-bond acceptors (Lipinski definition) is 3. The Morgan fingerprint density at radius 3 is 2.56 bits per heavy atom. The highest BCUT2D eigenvalue weighted by molar-refractivity contribution is 6.12. The molecule has 0 aliphatic rings. The first-order valence-electron chi connectivity index (χ1n) is 7.86. The molecule has 0 aliphatic heterocycles. The molecule has 2 aromatic carbocycles. The zero-order valence-electron chi connectivity index (χ0n) is 13.3. The summed E-state index contributed by atoms with van der Waals surface area (Å²) in [7, 11) is 0. The lowest BCUT2D eigenvalue weighted by atomic mass is 10.1. The van der Waals surface area contributed by atoms with Crippen LogP contribution in [-0.2, 0) is 0 Å². The summed E-state index contributed by atoms with van der Waals surface area (Å²) >= 11 is 0. The Kier molecular flexibility index (Phi) is 3.88. The first-order chi connectivity index (χ1) is 12.3. The van der Waals surface area contributed by atoms with Gasteiger partial charge in [-0.1, -0.05) is 36.4 Å². The normalized spacial score (nSPS) is 10.6. The van der Waals surface area contributed by atoms with E-state index in [-0.39, 0.29) is 5.91 Å². The first kappa shape index (κ1) is 15.0. The molecule has 2 heterocycles. The molecule has 1 amide bonds. The lowest BCUT2D eigenvalue weighted by Crippen LogP contribution is -2.11. The predicted molar refractivity (Wildman–Crippen MR) is 97.0 cm³/mol. The molecule has 5 heteroatoms. The molecule has 0 spiro atoms. The zero-order valence-corrected chi connectivity index (χ0v) is 13.3. The van der Waals surface area contributed by atoms with Gasteiger partial charge in [0.2, 0.25) is 5.88 Å². The number of aromatic nitrogens is 2. The summed E-state index contributed by atoms with van der Waals surface area (Å²) in [5.41, 5.74) is 2.13. The second-order valence-corrected chi connectivity index (χ2v) is 5.50. The van der Waals surface area contributed by atoms with Gasteiger partial charge in [-0.3, -0.25) is 4.79 Å². The third-order valence-electron chi connectivity index (χ3n) is 3.79. The van der Waals surface area contributed by atoms with E-state index < -0.39 is 0 Å². The standard InChI is InChI=1S/C20H15N3O2/c24-20(17-13-21-18-9-5-4-8-16(17)18)23-14-10-11-19(22-12-14)25-15-6-2-1-3-7-15/h1-13,21H,(H,23,24). The Hall–Kier alpha value is -3.60. The fraction of sp³-hybridized carbons (Fsp3) is 0. The van der Waals surface area contributed by atoms with Crippen LogP contribution in [0.15, 0.2) is 79.1 Å². The van der Waals surface area contributed by atoms with Crippen LogP contribution < -0.4 is 10.1 Å². The van der Waals surface area contributed by atoms with Crippen LogP contribution in [0.4, 0.5) is 5.69 Å². The van der Waals surface area contributed by atoms with Crippen LogP contribution in [0.3, 0.4) is 0 Å². The van der Waals surface area contributed by atoms with Crippen LogP contribution in [0.2, 0.25) is 0 Å². The quantitative estimate of drug-likeness (QED) is 0.574. The highest BCUT2D eigenvalue weighted by Crippen LogP contribution is 2.22. The molecule has 0 unspecified atom stereocenters. The summed E-state index contributed by atoms with van der Waals surface area (Å²) in [4.78, 5) is 19.8. The largest absolute Gasteiger partial charge is 0.439 e. The number of nitrogens with zero attached hydrogens (tertiary/aromatic N) is 1. The molecule has 0 bridgehead atoms. The second kappa shape index (κ2) is 6.49. The van der Waals surface area contributed by atoms with E-state index in [1.165, 1.54) is 0 Å². The number of para-hydroxylation sites is 2. The van der Waals surface area contributed by atoms with Gasteiger partial charge in [0.1, 0.15) is 5.75 Å². The molecule has 0 saturated carbocycles. The second-order valence-electron chi connectivity index (χ2n) is 5.50. The van der Waals surface area contributed by atoms with Crippen LogP contribution in [0.5, 0.6) is 11.6 Å². The molecule has 0 fully saturated rings. The number of ether oxygens (including phenoxy) is 1. The summed E-state index contributed by atoms with van der Waals surface area (Å²) in [6.07, 6.45) is 3.28. The molecule has 2 aromatic heterocycles. The number of hydrogen-bond donors (Lipinski definition) is 2. The number of pyridine rings is 1. The Morgan fingerprint density at radius 2 is 1.76 bits per heavy atom. The average molecular weight is 329 g/mol. The predicted octanol–water partition coefficient (Wildman–Crippen LogP) is 4.61. The molecule has 2 N–H and O–H groups in total. The minimum Gasteiger partial charge on any atom is -0.439 e. The van der Waals surface area contributed by atoms with E-state index in [1.807, 2.05) is 54.6 Å². The first-order valence-corrected chi connectivity index (χ1v) is 7.86. The summed E-state index contributed by atoms with van der Waals surface area (Å²) in [6.45, 7) is 0. The molecule has 122 valence electrons. The number of benzene rings is 2. The van der Waals surface area contributed by atoms with Gasteiger partial charge in [-0.25, -0.2) is 4.98 Å². The maximum atomic E-state index is 12.5. The van der Waals surface area contributed by atoms with E-state index in [4.69, 9.17) is 4.74 Å². The van der Waals surface area contributed by atoms with E-state index in [9.17, 15) is 4.79 Å². The number of carbonyl (C=O) groups excluding carboxylic acids is 1. The summed E-state index contributed by atoms with van der Waals surface area (Å²) < 4.78 is 5.64. The van der Waals surface area contributed by atoms with Gasteiger partial charge in [0.15, 0.2) is 0 Å². The van der Waals surface area contributed by atoms with Crippen molar-refractivity contribution >= 4 is 22.5 Å². The molecule has 0 radical (unpaired) electrons. The van der Waals surface area contributed by atoms with Crippen molar-refractivity contribution in [1.82, 2.24) is 9.97 Å². The average Bonchev–Trinajstić information content (AvgIpc) is 3.08. The van der Waals surface area contributed by atoms with E-state index in [0.717, 1.165) is 10.9 Å². The fourth-order valence-electron chi connectivity index (χ4n) is 2.58. The highest BCUT2D eigenvalue weighted by atomic mass is 16.5. The third kappa shape index (κ3) is 3.21. The smallest absolute Gasteiger partial charge is 0.257 e. The molecule has 0 atom stereocenters. The summed E-state index contributed by atoms with van der Waals surface area (Å²) in [5, 5.41) is 3.74. The number of nitrogens with one attached hydrogen (secondary N) is 2. The molecule has 5 nitrogen and oxygen atoms in total. The van der Waals surface area contributed by atoms with E-state index in [0.29, 0.717) is 22.9 Å². The number of carbonyl (C=O) groups is 1. The van der Waals surface area contributed by atoms with Crippen molar-refractivity contribution in [1.29, 1.82) is 0 Å². The third-order valence-corrected chi connectivity index (χ3v) is 3.79. The number of H-pyrrole nitrogens is 1. The van der Waals surface area contributed by atoms with Gasteiger partial charge in [0, 0.05) is 23.2 Å². The van der Waals surface area contributed by atoms with Crippen molar-refractivity contribution < 1.29 is 9.53 Å². The van der Waals surface area contributed by atoms with Crippen molar-refractivity contribution in [3.05, 3.63) is 84.7 Å². The number of anilines is 1. The van der Waals surface area contributed by atoms with Crippen molar-refractivity contribution in [3.63, 3.8) is 0 Å². The number of aromatic amines is 1. The van der Waals surface area contributed by atoms with Crippen LogP contribution >= 0.6 is 0 Å². The van der Waals surface area contributed by atoms with Crippen LogP contribution in [0, 0.1) is 0 Å². The van der Waals surface area contributed by atoms with Gasteiger partial charge in [0.05, 0.1) is 17.4 Å². The Bertz CT molecular complexity index is 1010. The zero-order chi connectivity index (χ0) is 17.1. The van der Waals surface area contributed by atoms with Gasteiger partial charge in [-0.05, 0) is 24.3 Å². The maximum absolute atomic E-state index is 12.5. The SMILES string of the molecule is O=C(Nc1ccc(Oc2ccccc2)nc1)c1c[nH]c2ccccc12. The van der Waals surface area contributed by atoms with Gasteiger partial charge in [0.25, 0.3) is 5.91 Å². The van der Waals surface area contributed by atoms with E-state index in [2.05, 4.69) is 15.3 Å². The van der Waals surface area contributed by atoms with E-state index in [1.54, 1.807) is 24.5 Å². The Labute approximate surface area is 144 Å². The number of rotatable bonds is 4. The van der Waals surface area contributed by atoms with Gasteiger partial charge in [-0.2, -0.15) is 0 Å². The van der Waals surface area contributed by atoms with Crippen molar-refractivity contribution in [2.75, 3.05) is 5.32 Å².